The average molecular weight is 548 g/mol. The van der Waals surface area contributed by atoms with Crippen molar-refractivity contribution in [2.75, 3.05) is 49.5 Å². The molecule has 208 valence electrons. The van der Waals surface area contributed by atoms with Crippen LogP contribution in [-0.2, 0) is 4.74 Å². The van der Waals surface area contributed by atoms with Crippen LogP contribution in [0.5, 0.6) is 0 Å². The highest BCUT2D eigenvalue weighted by Gasteiger charge is 2.30. The lowest BCUT2D eigenvalue weighted by Gasteiger charge is -2.38. The van der Waals surface area contributed by atoms with Crippen molar-refractivity contribution in [1.82, 2.24) is 29.5 Å². The van der Waals surface area contributed by atoms with Crippen LogP contribution < -0.4 is 21.3 Å². The molecule has 14 heteroatoms. The number of nitrogens with zero attached hydrogens (tertiary/aromatic N) is 6. The van der Waals surface area contributed by atoms with E-state index in [1.807, 2.05) is 33.8 Å². The minimum Gasteiger partial charge on any atom is -0.444 e. The second-order valence-electron chi connectivity index (χ2n) is 10.6. The number of nitrogens with one attached hydrogen (secondary N) is 2. The van der Waals surface area contributed by atoms with Crippen molar-refractivity contribution >= 4 is 40.3 Å². The van der Waals surface area contributed by atoms with Crippen LogP contribution in [0.4, 0.5) is 26.2 Å². The Bertz CT molecular complexity index is 1130. The third kappa shape index (κ3) is 7.20. The molecular weight excluding hydrogens is 510 g/mol. The molecule has 2 saturated heterocycles. The number of ether oxygens (including phenoxy) is 1. The summed E-state index contributed by atoms with van der Waals surface area (Å²) in [6.07, 6.45) is 1.68. The fourth-order valence-corrected chi connectivity index (χ4v) is 5.04. The highest BCUT2D eigenvalue weighted by atomic mass is 32.1. The van der Waals surface area contributed by atoms with Gasteiger partial charge in [-0.15, -0.1) is 0 Å². The van der Waals surface area contributed by atoms with Crippen molar-refractivity contribution in [2.45, 2.75) is 58.4 Å². The third-order valence-corrected chi connectivity index (χ3v) is 7.03. The van der Waals surface area contributed by atoms with Crippen LogP contribution in [0.3, 0.4) is 0 Å². The normalized spacial score (nSPS) is 19.2. The van der Waals surface area contributed by atoms with E-state index in [2.05, 4.69) is 24.9 Å². The Hall–Kier alpha value is -3.23. The van der Waals surface area contributed by atoms with E-state index in [1.54, 1.807) is 16.0 Å². The number of hydrogen-bond donors (Lipinski definition) is 4. The maximum absolute atomic E-state index is 13.0. The van der Waals surface area contributed by atoms with E-state index < -0.39 is 11.8 Å². The summed E-state index contributed by atoms with van der Waals surface area (Å²) < 4.78 is 9.69. The molecular formula is C24H37N9O4S. The molecule has 0 saturated carbocycles. The SMILES string of the molecule is Cc1cc(Nc2nc(N3CCCC(NC(=O)N4CCN(C(=O)OC(C)(C)C)CC4)C3)cnc2C(N)O)sn1. The van der Waals surface area contributed by atoms with Crippen LogP contribution in [0, 0.1) is 6.92 Å². The summed E-state index contributed by atoms with van der Waals surface area (Å²) >= 11 is 1.29. The van der Waals surface area contributed by atoms with Gasteiger partial charge in [0.05, 0.1) is 11.9 Å². The predicted molar refractivity (Wildman–Crippen MR) is 144 cm³/mol. The molecule has 0 aliphatic carbocycles. The number of nitrogens with two attached hydrogens (primary N) is 1. The highest BCUT2D eigenvalue weighted by Crippen LogP contribution is 2.27. The lowest BCUT2D eigenvalue weighted by Crippen LogP contribution is -2.57. The minimum atomic E-state index is -1.28. The molecule has 0 aromatic carbocycles. The number of piperazine rings is 1. The first-order valence-corrected chi connectivity index (χ1v) is 13.5. The monoisotopic (exact) mass is 547 g/mol. The first-order valence-electron chi connectivity index (χ1n) is 12.8. The second kappa shape index (κ2) is 11.7. The summed E-state index contributed by atoms with van der Waals surface area (Å²) in [5, 5.41) is 17.1. The number of carbonyl (C=O) groups excluding carboxylic acids is 2. The predicted octanol–water partition coefficient (Wildman–Crippen LogP) is 2.17. The molecule has 2 aromatic rings. The topological polar surface area (TPSA) is 162 Å². The molecule has 2 fully saturated rings. The van der Waals surface area contributed by atoms with E-state index in [-0.39, 0.29) is 23.9 Å². The van der Waals surface area contributed by atoms with Gasteiger partial charge in [-0.2, -0.15) is 4.37 Å². The minimum absolute atomic E-state index is 0.0673. The van der Waals surface area contributed by atoms with Crippen molar-refractivity contribution in [3.05, 3.63) is 23.7 Å². The Morgan fingerprint density at radius 1 is 1.21 bits per heavy atom. The Morgan fingerprint density at radius 2 is 1.92 bits per heavy atom. The Balaban J connectivity index is 1.35. The fourth-order valence-electron chi connectivity index (χ4n) is 4.38. The lowest BCUT2D eigenvalue weighted by molar-refractivity contribution is 0.0169. The third-order valence-electron chi connectivity index (χ3n) is 6.23. The van der Waals surface area contributed by atoms with Crippen LogP contribution >= 0.6 is 11.5 Å². The summed E-state index contributed by atoms with van der Waals surface area (Å²) in [6.45, 7) is 10.5. The Morgan fingerprint density at radius 3 is 2.55 bits per heavy atom. The van der Waals surface area contributed by atoms with Crippen LogP contribution in [-0.4, -0.2) is 92.3 Å². The average Bonchev–Trinajstić information content (AvgIpc) is 3.27. The van der Waals surface area contributed by atoms with E-state index in [1.165, 1.54) is 11.5 Å². The number of hydrogen-bond acceptors (Lipinski definition) is 11. The molecule has 4 heterocycles. The van der Waals surface area contributed by atoms with Crippen LogP contribution in [0.2, 0.25) is 0 Å². The number of anilines is 3. The van der Waals surface area contributed by atoms with Gasteiger partial charge < -0.3 is 40.9 Å². The molecule has 2 aromatic heterocycles. The number of carbonyl (C=O) groups is 2. The van der Waals surface area contributed by atoms with Gasteiger partial charge in [-0.1, -0.05) is 0 Å². The molecule has 3 amide bonds. The van der Waals surface area contributed by atoms with Crippen molar-refractivity contribution in [3.63, 3.8) is 0 Å². The summed E-state index contributed by atoms with van der Waals surface area (Å²) in [4.78, 5) is 39.8. The van der Waals surface area contributed by atoms with Crippen LogP contribution in [0.25, 0.3) is 0 Å². The van der Waals surface area contributed by atoms with Gasteiger partial charge in [0.1, 0.15) is 28.3 Å². The number of urea groups is 1. The maximum atomic E-state index is 13.0. The smallest absolute Gasteiger partial charge is 0.410 e. The van der Waals surface area contributed by atoms with Crippen molar-refractivity contribution in [2.24, 2.45) is 5.73 Å². The molecule has 0 spiro atoms. The zero-order valence-corrected chi connectivity index (χ0v) is 23.1. The molecule has 2 unspecified atom stereocenters. The number of amides is 3. The highest BCUT2D eigenvalue weighted by molar-refractivity contribution is 7.10. The molecule has 5 N–H and O–H groups in total. The first kappa shape index (κ1) is 27.8. The van der Waals surface area contributed by atoms with Gasteiger partial charge in [0.15, 0.2) is 5.82 Å². The van der Waals surface area contributed by atoms with Crippen molar-refractivity contribution in [3.8, 4) is 0 Å². The molecule has 2 aliphatic rings. The maximum Gasteiger partial charge on any atom is 0.410 e. The van der Waals surface area contributed by atoms with Gasteiger partial charge >= 0.3 is 12.1 Å². The van der Waals surface area contributed by atoms with E-state index >= 15 is 0 Å². The molecule has 0 radical (unpaired) electrons. The van der Waals surface area contributed by atoms with E-state index in [0.717, 1.165) is 30.1 Å². The van der Waals surface area contributed by atoms with E-state index in [0.29, 0.717) is 44.4 Å². The molecule has 13 nitrogen and oxygen atoms in total. The molecule has 0 bridgehead atoms. The fraction of sp³-hybridized carbons (Fsp3) is 0.625. The van der Waals surface area contributed by atoms with Crippen molar-refractivity contribution < 1.29 is 19.4 Å². The van der Waals surface area contributed by atoms with Gasteiger partial charge in [0, 0.05) is 45.3 Å². The number of aliphatic hydroxyl groups excluding tert-OH is 1. The van der Waals surface area contributed by atoms with Gasteiger partial charge in [0.2, 0.25) is 0 Å². The molecule has 2 aliphatic heterocycles. The summed E-state index contributed by atoms with van der Waals surface area (Å²) in [7, 11) is 0. The quantitative estimate of drug-likeness (QED) is 0.408. The molecule has 38 heavy (non-hydrogen) atoms. The van der Waals surface area contributed by atoms with Crippen LogP contribution in [0.15, 0.2) is 12.3 Å². The molecule has 2 atom stereocenters. The summed E-state index contributed by atoms with van der Waals surface area (Å²) in [5.74, 6) is 0.998. The Kier molecular flexibility index (Phi) is 8.53. The largest absolute Gasteiger partial charge is 0.444 e. The lowest BCUT2D eigenvalue weighted by atomic mass is 10.1. The number of aliphatic hydroxyl groups is 1. The number of aryl methyl sites for hydroxylation is 1. The van der Waals surface area contributed by atoms with Crippen molar-refractivity contribution in [1.29, 1.82) is 0 Å². The van der Waals surface area contributed by atoms with Crippen LogP contribution in [0.1, 0.15) is 51.2 Å². The van der Waals surface area contributed by atoms with Gasteiger partial charge in [-0.3, -0.25) is 0 Å². The Labute approximate surface area is 226 Å². The number of aromatic nitrogens is 3. The molecule has 4 rings (SSSR count). The number of piperidine rings is 1. The zero-order valence-electron chi connectivity index (χ0n) is 22.3. The van der Waals surface area contributed by atoms with Gasteiger partial charge in [-0.25, -0.2) is 19.6 Å². The second-order valence-corrected chi connectivity index (χ2v) is 11.4. The zero-order chi connectivity index (χ0) is 27.4. The van der Waals surface area contributed by atoms with Gasteiger partial charge in [0.25, 0.3) is 0 Å². The van der Waals surface area contributed by atoms with Gasteiger partial charge in [-0.05, 0) is 58.1 Å². The first-order chi connectivity index (χ1) is 18.0. The summed E-state index contributed by atoms with van der Waals surface area (Å²) in [6, 6.07) is 1.67. The van der Waals surface area contributed by atoms with E-state index in [4.69, 9.17) is 15.5 Å². The standard InChI is InChI=1S/C24H37N9O4S/c1-15-12-18(38-30-15)29-21-19(20(25)34)26-13-17(28-21)33-7-5-6-16(14-33)27-22(35)31-8-10-32(11-9-31)23(36)37-24(2,3)4/h12-13,16,20,34H,5-11,14,25H2,1-4H3,(H,27,35)(H,28,29). The van der Waals surface area contributed by atoms with E-state index in [9.17, 15) is 14.7 Å². The summed E-state index contributed by atoms with van der Waals surface area (Å²) in [5.41, 5.74) is 6.27. The number of rotatable bonds is 5.